The van der Waals surface area contributed by atoms with Crippen molar-refractivity contribution in [1.29, 1.82) is 0 Å². The van der Waals surface area contributed by atoms with Crippen LogP contribution in [-0.4, -0.2) is 22.6 Å². The third-order valence-electron chi connectivity index (χ3n) is 2.22. The van der Waals surface area contributed by atoms with Crippen LogP contribution in [0.4, 0.5) is 10.5 Å². The molecule has 3 N–H and O–H groups in total. The van der Waals surface area contributed by atoms with Gasteiger partial charge in [0.1, 0.15) is 0 Å². The Morgan fingerprint density at radius 3 is 2.58 bits per heavy atom. The van der Waals surface area contributed by atoms with E-state index in [0.717, 1.165) is 0 Å². The second kappa shape index (κ2) is 6.25. The predicted octanol–water partition coefficient (Wildman–Crippen LogP) is 3.48. The number of anilines is 1. The van der Waals surface area contributed by atoms with Crippen molar-refractivity contribution in [1.82, 2.24) is 5.32 Å². The van der Waals surface area contributed by atoms with Crippen molar-refractivity contribution in [2.75, 3.05) is 5.32 Å². The number of carbonyl (C=O) groups is 2. The summed E-state index contributed by atoms with van der Waals surface area (Å²) in [7, 11) is 0. The lowest BCUT2D eigenvalue weighted by molar-refractivity contribution is -0.138. The number of hydrogen-bond donors (Lipinski definition) is 3. The number of urea groups is 1. The number of carbonyl (C=O) groups excluding carboxylic acids is 1. The fraction of sp³-hybridized carbons (Fsp3) is 0.333. The first-order chi connectivity index (χ1) is 8.69. The number of carboxylic acids is 1. The van der Waals surface area contributed by atoms with Gasteiger partial charge in [0.15, 0.2) is 0 Å². The van der Waals surface area contributed by atoms with E-state index in [1.54, 1.807) is 32.0 Å². The van der Waals surface area contributed by atoms with E-state index < -0.39 is 17.5 Å². The number of rotatable bonds is 4. The third-order valence-corrected chi connectivity index (χ3v) is 3.44. The first kappa shape index (κ1) is 15.8. The van der Waals surface area contributed by atoms with Gasteiger partial charge in [0.25, 0.3) is 0 Å². The molecule has 0 saturated heterocycles. The van der Waals surface area contributed by atoms with Gasteiger partial charge in [-0.1, -0.05) is 11.6 Å². The predicted molar refractivity (Wildman–Crippen MR) is 77.6 cm³/mol. The highest BCUT2D eigenvalue weighted by Gasteiger charge is 2.23. The van der Waals surface area contributed by atoms with Gasteiger partial charge >= 0.3 is 12.0 Å². The molecule has 0 atom stereocenters. The van der Waals surface area contributed by atoms with Crippen molar-refractivity contribution in [3.63, 3.8) is 0 Å². The van der Waals surface area contributed by atoms with Gasteiger partial charge in [-0.3, -0.25) is 4.79 Å². The molecule has 0 aliphatic carbocycles. The summed E-state index contributed by atoms with van der Waals surface area (Å²) in [5.41, 5.74) is -0.278. The van der Waals surface area contributed by atoms with Crippen molar-refractivity contribution >= 4 is 45.2 Å². The van der Waals surface area contributed by atoms with Gasteiger partial charge in [-0.2, -0.15) is 0 Å². The Morgan fingerprint density at radius 2 is 2.05 bits per heavy atom. The van der Waals surface area contributed by atoms with Crippen molar-refractivity contribution < 1.29 is 14.7 Å². The zero-order chi connectivity index (χ0) is 14.6. The van der Waals surface area contributed by atoms with Crippen LogP contribution < -0.4 is 10.6 Å². The zero-order valence-corrected chi connectivity index (χ0v) is 12.8. The summed E-state index contributed by atoms with van der Waals surface area (Å²) in [6.07, 6.45) is -0.162. The summed E-state index contributed by atoms with van der Waals surface area (Å²) in [6.45, 7) is 3.27. The van der Waals surface area contributed by atoms with Crippen LogP contribution in [0.1, 0.15) is 20.3 Å². The monoisotopic (exact) mass is 348 g/mol. The van der Waals surface area contributed by atoms with Crippen molar-refractivity contribution in [3.05, 3.63) is 27.7 Å². The summed E-state index contributed by atoms with van der Waals surface area (Å²) < 4.78 is 0.664. The van der Waals surface area contributed by atoms with E-state index in [-0.39, 0.29) is 6.42 Å². The summed E-state index contributed by atoms with van der Waals surface area (Å²) in [6, 6.07) is 4.48. The maximum absolute atomic E-state index is 11.7. The van der Waals surface area contributed by atoms with Gasteiger partial charge < -0.3 is 15.7 Å². The summed E-state index contributed by atoms with van der Waals surface area (Å²) in [5, 5.41) is 14.5. The molecule has 5 nitrogen and oxygen atoms in total. The standard InChI is InChI=1S/C12H14BrClN2O3/c1-12(2,6-10(17)18)16-11(19)15-7-3-4-9(14)8(13)5-7/h3-5H,6H2,1-2H3,(H,17,18)(H2,15,16,19). The van der Waals surface area contributed by atoms with Gasteiger partial charge in [0.05, 0.1) is 11.4 Å². The third kappa shape index (κ3) is 5.48. The van der Waals surface area contributed by atoms with Gasteiger partial charge in [-0.15, -0.1) is 0 Å². The largest absolute Gasteiger partial charge is 0.481 e. The van der Waals surface area contributed by atoms with Gasteiger partial charge in [-0.05, 0) is 48.0 Å². The van der Waals surface area contributed by atoms with E-state index >= 15 is 0 Å². The Morgan fingerprint density at radius 1 is 1.42 bits per heavy atom. The van der Waals surface area contributed by atoms with Crippen molar-refractivity contribution in [3.8, 4) is 0 Å². The molecule has 0 unspecified atom stereocenters. The highest BCUT2D eigenvalue weighted by atomic mass is 79.9. The van der Waals surface area contributed by atoms with E-state index in [1.165, 1.54) is 0 Å². The van der Waals surface area contributed by atoms with Crippen LogP contribution in [0.25, 0.3) is 0 Å². The summed E-state index contributed by atoms with van der Waals surface area (Å²) in [5.74, 6) is -0.973. The first-order valence-electron chi connectivity index (χ1n) is 5.45. The molecule has 0 aliphatic rings. The fourth-order valence-electron chi connectivity index (χ4n) is 1.47. The lowest BCUT2D eigenvalue weighted by Gasteiger charge is -2.24. The van der Waals surface area contributed by atoms with Crippen molar-refractivity contribution in [2.45, 2.75) is 25.8 Å². The molecule has 0 bridgehead atoms. The topological polar surface area (TPSA) is 78.4 Å². The molecule has 1 aromatic rings. The van der Waals surface area contributed by atoms with Crippen LogP contribution in [-0.2, 0) is 4.79 Å². The normalized spacial score (nSPS) is 10.9. The lowest BCUT2D eigenvalue weighted by Crippen LogP contribution is -2.46. The molecule has 0 aliphatic heterocycles. The number of halogens is 2. The SMILES string of the molecule is CC(C)(CC(=O)O)NC(=O)Nc1ccc(Cl)c(Br)c1. The molecule has 0 heterocycles. The number of aliphatic carboxylic acids is 1. The van der Waals surface area contributed by atoms with Crippen LogP contribution in [0.3, 0.4) is 0 Å². The van der Waals surface area contributed by atoms with E-state index in [1.807, 2.05) is 0 Å². The fourth-order valence-corrected chi connectivity index (χ4v) is 1.96. The van der Waals surface area contributed by atoms with E-state index in [2.05, 4.69) is 26.6 Å². The average molecular weight is 350 g/mol. The Bertz CT molecular complexity index is 506. The molecule has 1 aromatic carbocycles. The number of nitrogens with one attached hydrogen (secondary N) is 2. The maximum Gasteiger partial charge on any atom is 0.319 e. The molecule has 104 valence electrons. The van der Waals surface area contributed by atoms with Crippen LogP contribution in [0.5, 0.6) is 0 Å². The van der Waals surface area contributed by atoms with Gasteiger partial charge in [-0.25, -0.2) is 4.79 Å². The van der Waals surface area contributed by atoms with Crippen LogP contribution in [0.2, 0.25) is 5.02 Å². The molecule has 0 saturated carbocycles. The number of amides is 2. The molecule has 19 heavy (non-hydrogen) atoms. The molecule has 0 aromatic heterocycles. The minimum atomic E-state index is -0.973. The zero-order valence-electron chi connectivity index (χ0n) is 10.5. The molecule has 1 rings (SSSR count). The Balaban J connectivity index is 2.64. The summed E-state index contributed by atoms with van der Waals surface area (Å²) in [4.78, 5) is 22.4. The Hall–Kier alpha value is -1.27. The number of benzene rings is 1. The second-order valence-corrected chi connectivity index (χ2v) is 5.92. The minimum Gasteiger partial charge on any atom is -0.481 e. The molecular formula is C12H14BrClN2O3. The smallest absolute Gasteiger partial charge is 0.319 e. The van der Waals surface area contributed by atoms with Crippen molar-refractivity contribution in [2.24, 2.45) is 0 Å². The molecule has 0 spiro atoms. The van der Waals surface area contributed by atoms with Crippen LogP contribution >= 0.6 is 27.5 Å². The number of hydrogen-bond acceptors (Lipinski definition) is 2. The second-order valence-electron chi connectivity index (χ2n) is 4.66. The summed E-state index contributed by atoms with van der Waals surface area (Å²) >= 11 is 9.09. The van der Waals surface area contributed by atoms with Gasteiger partial charge in [0.2, 0.25) is 0 Å². The minimum absolute atomic E-state index is 0.162. The Kier molecular flexibility index (Phi) is 5.20. The van der Waals surface area contributed by atoms with E-state index in [4.69, 9.17) is 16.7 Å². The number of carboxylic acid groups (broad SMARTS) is 1. The molecule has 7 heteroatoms. The molecule has 2 amide bonds. The van der Waals surface area contributed by atoms with Crippen LogP contribution in [0.15, 0.2) is 22.7 Å². The quantitative estimate of drug-likeness (QED) is 0.778. The highest BCUT2D eigenvalue weighted by Crippen LogP contribution is 2.25. The van der Waals surface area contributed by atoms with Gasteiger partial charge in [0, 0.05) is 15.7 Å². The highest BCUT2D eigenvalue weighted by molar-refractivity contribution is 9.10. The molecule has 0 radical (unpaired) electrons. The average Bonchev–Trinajstić information content (AvgIpc) is 2.20. The molecule has 0 fully saturated rings. The van der Waals surface area contributed by atoms with E-state index in [9.17, 15) is 9.59 Å². The lowest BCUT2D eigenvalue weighted by atomic mass is 10.0. The van der Waals surface area contributed by atoms with Crippen LogP contribution in [0, 0.1) is 0 Å². The molecular weight excluding hydrogens is 336 g/mol. The Labute approximate surface area is 124 Å². The first-order valence-corrected chi connectivity index (χ1v) is 6.63. The van der Waals surface area contributed by atoms with E-state index in [0.29, 0.717) is 15.2 Å². The maximum atomic E-state index is 11.7.